The van der Waals surface area contributed by atoms with E-state index in [2.05, 4.69) is 43.5 Å². The molecule has 0 aliphatic rings. The summed E-state index contributed by atoms with van der Waals surface area (Å²) in [5.41, 5.74) is 0. The van der Waals surface area contributed by atoms with Crippen molar-refractivity contribution in [1.82, 2.24) is 5.32 Å². The van der Waals surface area contributed by atoms with Crippen molar-refractivity contribution < 1.29 is 24.5 Å². The molecule has 0 aromatic rings. The quantitative estimate of drug-likeness (QED) is 0.0320. The van der Waals surface area contributed by atoms with E-state index in [1.807, 2.05) is 0 Å². The summed E-state index contributed by atoms with van der Waals surface area (Å²) in [5.74, 6) is -0.0141. The molecule has 83 heavy (non-hydrogen) atoms. The molecular formula is C77H149NO5. The van der Waals surface area contributed by atoms with Gasteiger partial charge in [0.2, 0.25) is 5.91 Å². The van der Waals surface area contributed by atoms with Gasteiger partial charge in [-0.15, -0.1) is 0 Å². The molecule has 2 unspecified atom stereocenters. The standard InChI is InChI=1S/C77H149NO5/c1-3-5-7-9-11-13-15-17-19-21-37-41-45-49-53-57-61-65-69-75(80)74(73-79)78-76(81)70-66-62-58-54-50-46-42-38-35-33-31-29-27-25-23-24-26-28-30-32-34-36-40-44-48-52-56-60-64-68-72-83-77(82)71-67-63-59-55-51-47-43-39-22-20-18-16-14-12-10-8-6-4-2/h20,22,24,26,74-75,79-80H,3-19,21,23,25,27-73H2,1-2H3,(H,78,81)/b22-20-,26-24-. The van der Waals surface area contributed by atoms with Crippen LogP contribution in [0.1, 0.15) is 431 Å². The van der Waals surface area contributed by atoms with Crippen molar-refractivity contribution in [2.75, 3.05) is 13.2 Å². The van der Waals surface area contributed by atoms with Crippen molar-refractivity contribution in [1.29, 1.82) is 0 Å². The van der Waals surface area contributed by atoms with E-state index in [4.69, 9.17) is 4.74 Å². The van der Waals surface area contributed by atoms with Gasteiger partial charge in [-0.1, -0.05) is 366 Å². The largest absolute Gasteiger partial charge is 0.466 e. The van der Waals surface area contributed by atoms with Gasteiger partial charge >= 0.3 is 5.97 Å². The molecule has 0 aromatic heterocycles. The molecule has 0 radical (unpaired) electrons. The third-order valence-corrected chi connectivity index (χ3v) is 18.0. The molecule has 6 heteroatoms. The lowest BCUT2D eigenvalue weighted by Crippen LogP contribution is -2.45. The van der Waals surface area contributed by atoms with Gasteiger partial charge in [0, 0.05) is 12.8 Å². The zero-order chi connectivity index (χ0) is 59.9. The van der Waals surface area contributed by atoms with Crippen molar-refractivity contribution in [3.63, 3.8) is 0 Å². The van der Waals surface area contributed by atoms with Gasteiger partial charge in [-0.2, -0.15) is 0 Å². The minimum Gasteiger partial charge on any atom is -0.466 e. The lowest BCUT2D eigenvalue weighted by molar-refractivity contribution is -0.143. The predicted octanol–water partition coefficient (Wildman–Crippen LogP) is 24.9. The van der Waals surface area contributed by atoms with Gasteiger partial charge in [-0.3, -0.25) is 9.59 Å². The minimum absolute atomic E-state index is 0.0152. The summed E-state index contributed by atoms with van der Waals surface area (Å²) >= 11 is 0. The number of hydrogen-bond donors (Lipinski definition) is 3. The average molecular weight is 1170 g/mol. The number of amides is 1. The first-order chi connectivity index (χ1) is 41.0. The van der Waals surface area contributed by atoms with E-state index in [1.165, 1.54) is 353 Å². The Kier molecular flexibility index (Phi) is 71.4. The number of aliphatic hydroxyl groups excluding tert-OH is 2. The fourth-order valence-electron chi connectivity index (χ4n) is 12.2. The highest BCUT2D eigenvalue weighted by molar-refractivity contribution is 5.76. The van der Waals surface area contributed by atoms with Crippen LogP contribution in [0.5, 0.6) is 0 Å². The second-order valence-corrected chi connectivity index (χ2v) is 26.3. The molecule has 0 fully saturated rings. The summed E-state index contributed by atoms with van der Waals surface area (Å²) in [5, 5.41) is 23.4. The molecule has 0 bridgehead atoms. The van der Waals surface area contributed by atoms with Crippen molar-refractivity contribution >= 4 is 11.9 Å². The number of carbonyl (C=O) groups is 2. The maximum absolute atomic E-state index is 12.5. The topological polar surface area (TPSA) is 95.9 Å². The predicted molar refractivity (Wildman–Crippen MR) is 366 cm³/mol. The van der Waals surface area contributed by atoms with Gasteiger partial charge in [0.15, 0.2) is 0 Å². The molecule has 0 heterocycles. The normalized spacial score (nSPS) is 12.6. The molecule has 0 saturated heterocycles. The number of unbranched alkanes of at least 4 members (excludes halogenated alkanes) is 57. The Bertz CT molecular complexity index is 1300. The van der Waals surface area contributed by atoms with Gasteiger partial charge in [0.1, 0.15) is 0 Å². The van der Waals surface area contributed by atoms with Crippen LogP contribution in [-0.4, -0.2) is 47.4 Å². The van der Waals surface area contributed by atoms with Crippen LogP contribution in [0.25, 0.3) is 0 Å². The molecular weight excluding hydrogens is 1020 g/mol. The van der Waals surface area contributed by atoms with Crippen LogP contribution in [0.2, 0.25) is 0 Å². The van der Waals surface area contributed by atoms with Crippen LogP contribution in [-0.2, 0) is 14.3 Å². The number of hydrogen-bond acceptors (Lipinski definition) is 5. The Morgan fingerprint density at radius 3 is 0.855 bits per heavy atom. The average Bonchev–Trinajstić information content (AvgIpc) is 3.48. The number of nitrogens with one attached hydrogen (secondary N) is 1. The molecule has 492 valence electrons. The third kappa shape index (κ3) is 69.3. The monoisotopic (exact) mass is 1170 g/mol. The number of allylic oxidation sites excluding steroid dienone is 4. The van der Waals surface area contributed by atoms with Crippen LogP contribution in [0.3, 0.4) is 0 Å². The van der Waals surface area contributed by atoms with E-state index >= 15 is 0 Å². The van der Waals surface area contributed by atoms with Crippen molar-refractivity contribution in [3.05, 3.63) is 24.3 Å². The highest BCUT2D eigenvalue weighted by Crippen LogP contribution is 2.19. The van der Waals surface area contributed by atoms with E-state index in [0.29, 0.717) is 25.9 Å². The third-order valence-electron chi connectivity index (χ3n) is 18.0. The van der Waals surface area contributed by atoms with Crippen LogP contribution in [0.15, 0.2) is 24.3 Å². The first-order valence-corrected chi connectivity index (χ1v) is 38.1. The SMILES string of the molecule is CCCCCCCCC/C=C\CCCCCCCCCC(=O)OCCCCCCCCCCCCCC/C=C\CCCCCCCCCCCCCCCCC(=O)NC(CO)C(O)CCCCCCCCCCCCCCCCCCCC. The molecule has 1 amide bonds. The van der Waals surface area contributed by atoms with Gasteiger partial charge in [-0.05, 0) is 77.0 Å². The van der Waals surface area contributed by atoms with Gasteiger partial charge in [-0.25, -0.2) is 0 Å². The van der Waals surface area contributed by atoms with Crippen LogP contribution in [0, 0.1) is 0 Å². The molecule has 3 N–H and O–H groups in total. The maximum Gasteiger partial charge on any atom is 0.305 e. The Morgan fingerprint density at radius 1 is 0.325 bits per heavy atom. The number of ether oxygens (including phenoxy) is 1. The second kappa shape index (κ2) is 72.8. The Labute approximate surface area is 520 Å². The van der Waals surface area contributed by atoms with Crippen LogP contribution < -0.4 is 5.32 Å². The van der Waals surface area contributed by atoms with Crippen molar-refractivity contribution in [2.45, 2.75) is 443 Å². The Hall–Kier alpha value is -1.66. The maximum atomic E-state index is 12.5. The number of esters is 1. The first kappa shape index (κ1) is 81.3. The summed E-state index contributed by atoms with van der Waals surface area (Å²) in [6.07, 6.45) is 92.5. The zero-order valence-corrected chi connectivity index (χ0v) is 56.5. The van der Waals surface area contributed by atoms with E-state index in [1.54, 1.807) is 0 Å². The summed E-state index contributed by atoms with van der Waals surface area (Å²) < 4.78 is 5.51. The van der Waals surface area contributed by atoms with Gasteiger partial charge < -0.3 is 20.3 Å². The minimum atomic E-state index is -0.664. The number of carbonyl (C=O) groups excluding carboxylic acids is 2. The Balaban J connectivity index is 3.35. The van der Waals surface area contributed by atoms with E-state index in [-0.39, 0.29) is 18.5 Å². The second-order valence-electron chi connectivity index (χ2n) is 26.3. The number of rotatable bonds is 72. The van der Waals surface area contributed by atoms with E-state index in [9.17, 15) is 19.8 Å². The summed E-state index contributed by atoms with van der Waals surface area (Å²) in [6.45, 7) is 5.00. The highest BCUT2D eigenvalue weighted by Gasteiger charge is 2.20. The molecule has 0 rings (SSSR count). The summed E-state index contributed by atoms with van der Waals surface area (Å²) in [7, 11) is 0. The van der Waals surface area contributed by atoms with Crippen LogP contribution >= 0.6 is 0 Å². The van der Waals surface area contributed by atoms with Gasteiger partial charge in [0.05, 0.1) is 25.4 Å². The lowest BCUT2D eigenvalue weighted by Gasteiger charge is -2.22. The smallest absolute Gasteiger partial charge is 0.305 e. The van der Waals surface area contributed by atoms with Crippen molar-refractivity contribution in [2.24, 2.45) is 0 Å². The van der Waals surface area contributed by atoms with Crippen molar-refractivity contribution in [3.8, 4) is 0 Å². The Morgan fingerprint density at radius 2 is 0.566 bits per heavy atom. The first-order valence-electron chi connectivity index (χ1n) is 38.1. The fourth-order valence-corrected chi connectivity index (χ4v) is 12.2. The molecule has 0 spiro atoms. The van der Waals surface area contributed by atoms with E-state index < -0.39 is 12.1 Å². The zero-order valence-electron chi connectivity index (χ0n) is 56.5. The lowest BCUT2D eigenvalue weighted by atomic mass is 10.0. The fraction of sp³-hybridized carbons (Fsp3) is 0.922. The molecule has 0 saturated carbocycles. The molecule has 2 atom stereocenters. The van der Waals surface area contributed by atoms with Gasteiger partial charge in [0.25, 0.3) is 0 Å². The molecule has 6 nitrogen and oxygen atoms in total. The summed E-state index contributed by atoms with van der Waals surface area (Å²) in [6, 6.07) is -0.541. The molecule has 0 aromatic carbocycles. The molecule has 0 aliphatic carbocycles. The van der Waals surface area contributed by atoms with E-state index in [0.717, 1.165) is 44.9 Å². The van der Waals surface area contributed by atoms with Crippen LogP contribution in [0.4, 0.5) is 0 Å². The highest BCUT2D eigenvalue weighted by atomic mass is 16.5. The molecule has 0 aliphatic heterocycles. The number of aliphatic hydroxyl groups is 2. The summed E-state index contributed by atoms with van der Waals surface area (Å²) in [4.78, 5) is 24.7.